The largest absolute Gasteiger partial charge is 0.292 e. The molecule has 1 aliphatic heterocycles. The van der Waals surface area contributed by atoms with Crippen LogP contribution < -0.4 is 0 Å². The van der Waals surface area contributed by atoms with E-state index in [1.165, 1.54) is 30.3 Å². The van der Waals surface area contributed by atoms with Crippen LogP contribution in [-0.2, 0) is 9.84 Å². The Morgan fingerprint density at radius 2 is 1.70 bits per heavy atom. The number of rotatable bonds is 1. The molecule has 0 saturated heterocycles. The average Bonchev–Trinajstić information content (AvgIpc) is 2.60. The summed E-state index contributed by atoms with van der Waals surface area (Å²) in [6, 6.07) is 10.6. The number of benzene rings is 2. The first-order valence-corrected chi connectivity index (χ1v) is 8.05. The Balaban J connectivity index is 2.25. The summed E-state index contributed by atoms with van der Waals surface area (Å²) in [5.74, 6) is -0.454. The average molecular weight is 327 g/mol. The van der Waals surface area contributed by atoms with Gasteiger partial charge >= 0.3 is 0 Å². The number of halogens is 2. The molecule has 0 radical (unpaired) electrons. The van der Waals surface area contributed by atoms with Gasteiger partial charge in [0.25, 0.3) is 0 Å². The maximum absolute atomic E-state index is 12.5. The highest BCUT2D eigenvalue weighted by atomic mass is 35.5. The van der Waals surface area contributed by atoms with Gasteiger partial charge in [-0.25, -0.2) is 8.42 Å². The molecule has 0 fully saturated rings. The summed E-state index contributed by atoms with van der Waals surface area (Å²) in [5, 5.41) is -0.726. The van der Waals surface area contributed by atoms with E-state index in [4.69, 9.17) is 23.2 Å². The van der Waals surface area contributed by atoms with Gasteiger partial charge in [-0.05, 0) is 23.8 Å². The summed E-state index contributed by atoms with van der Waals surface area (Å²) >= 11 is 11.8. The van der Waals surface area contributed by atoms with Gasteiger partial charge in [0.2, 0.25) is 0 Å². The molecule has 0 amide bonds. The van der Waals surface area contributed by atoms with Gasteiger partial charge in [-0.1, -0.05) is 47.5 Å². The Kier molecular flexibility index (Phi) is 3.12. The molecule has 1 aliphatic rings. The van der Waals surface area contributed by atoms with Crippen molar-refractivity contribution in [2.75, 3.05) is 0 Å². The zero-order valence-electron chi connectivity index (χ0n) is 10.0. The van der Waals surface area contributed by atoms with E-state index < -0.39 is 20.9 Å². The second-order valence-electron chi connectivity index (χ2n) is 4.45. The third kappa shape index (κ3) is 1.87. The Morgan fingerprint density at radius 1 is 1.00 bits per heavy atom. The van der Waals surface area contributed by atoms with Crippen LogP contribution in [0.25, 0.3) is 0 Å². The number of hydrogen-bond acceptors (Lipinski definition) is 3. The van der Waals surface area contributed by atoms with E-state index in [0.29, 0.717) is 5.02 Å². The van der Waals surface area contributed by atoms with Gasteiger partial charge < -0.3 is 0 Å². The smallest absolute Gasteiger partial charge is 0.193 e. The van der Waals surface area contributed by atoms with E-state index in [9.17, 15) is 13.2 Å². The molecule has 6 heteroatoms. The summed E-state index contributed by atoms with van der Waals surface area (Å²) in [4.78, 5) is 12.4. The number of Topliss-reactive ketones (excluding diaryl/α,β-unsaturated/α-hetero) is 1. The molecular formula is C14H8Cl2O3S. The molecule has 20 heavy (non-hydrogen) atoms. The second kappa shape index (κ2) is 4.58. The summed E-state index contributed by atoms with van der Waals surface area (Å²) in [6.45, 7) is 0. The van der Waals surface area contributed by atoms with Crippen molar-refractivity contribution in [3.8, 4) is 0 Å². The molecule has 1 heterocycles. The van der Waals surface area contributed by atoms with Crippen LogP contribution >= 0.6 is 23.2 Å². The Labute approximate surface area is 126 Å². The number of carbonyl (C=O) groups is 1. The molecule has 1 atom stereocenters. The quantitative estimate of drug-likeness (QED) is 0.802. The normalized spacial score (nSPS) is 19.9. The van der Waals surface area contributed by atoms with Crippen LogP contribution in [0.5, 0.6) is 0 Å². The molecule has 2 aromatic carbocycles. The molecule has 0 N–H and O–H groups in total. The van der Waals surface area contributed by atoms with Crippen molar-refractivity contribution in [2.24, 2.45) is 0 Å². The summed E-state index contributed by atoms with van der Waals surface area (Å²) in [7, 11) is -3.76. The van der Waals surface area contributed by atoms with E-state index >= 15 is 0 Å². The second-order valence-corrected chi connectivity index (χ2v) is 7.30. The van der Waals surface area contributed by atoms with Crippen LogP contribution in [-0.4, -0.2) is 14.2 Å². The third-order valence-corrected chi connectivity index (χ3v) is 5.87. The molecule has 0 saturated carbocycles. The lowest BCUT2D eigenvalue weighted by Gasteiger charge is -2.11. The fourth-order valence-electron chi connectivity index (χ4n) is 2.35. The van der Waals surface area contributed by atoms with Gasteiger partial charge in [-0.2, -0.15) is 0 Å². The molecule has 1 unspecified atom stereocenters. The van der Waals surface area contributed by atoms with Gasteiger partial charge in [-0.3, -0.25) is 4.79 Å². The third-order valence-electron chi connectivity index (χ3n) is 3.25. The molecule has 102 valence electrons. The predicted octanol–water partition coefficient (Wildman–Crippen LogP) is 3.70. The van der Waals surface area contributed by atoms with Crippen molar-refractivity contribution in [3.63, 3.8) is 0 Å². The summed E-state index contributed by atoms with van der Waals surface area (Å²) in [5.41, 5.74) is 0.473. The van der Waals surface area contributed by atoms with E-state index in [0.717, 1.165) is 0 Å². The van der Waals surface area contributed by atoms with E-state index in [1.807, 2.05) is 0 Å². The minimum atomic E-state index is -3.76. The van der Waals surface area contributed by atoms with Crippen LogP contribution in [0, 0.1) is 0 Å². The number of ketones is 1. The molecule has 2 aromatic rings. The van der Waals surface area contributed by atoms with Crippen LogP contribution in [0.4, 0.5) is 0 Å². The van der Waals surface area contributed by atoms with E-state index in [1.54, 1.807) is 12.1 Å². The number of sulfone groups is 1. The summed E-state index contributed by atoms with van der Waals surface area (Å²) in [6.07, 6.45) is 0. The SMILES string of the molecule is O=C1c2ccccc2S(=O)(=O)C1c1ccc(Cl)cc1Cl. The van der Waals surface area contributed by atoms with Gasteiger partial charge in [0.1, 0.15) is 0 Å². The monoisotopic (exact) mass is 326 g/mol. The first-order chi connectivity index (χ1) is 9.43. The number of fused-ring (bicyclic) bond motifs is 1. The van der Waals surface area contributed by atoms with E-state index in [2.05, 4.69) is 0 Å². The first-order valence-electron chi connectivity index (χ1n) is 5.75. The fraction of sp³-hybridized carbons (Fsp3) is 0.0714. The van der Waals surface area contributed by atoms with Crippen LogP contribution in [0.15, 0.2) is 47.4 Å². The molecule has 3 rings (SSSR count). The maximum atomic E-state index is 12.5. The van der Waals surface area contributed by atoms with E-state index in [-0.39, 0.29) is 21.0 Å². The number of carbonyl (C=O) groups excluding carboxylic acids is 1. The van der Waals surface area contributed by atoms with Crippen LogP contribution in [0.1, 0.15) is 21.2 Å². The minimum Gasteiger partial charge on any atom is -0.292 e. The molecule has 0 spiro atoms. The lowest BCUT2D eigenvalue weighted by Crippen LogP contribution is -2.14. The standard InChI is InChI=1S/C14H8Cl2O3S/c15-8-5-6-9(11(16)7-8)14-13(17)10-3-1-2-4-12(10)20(14,18)19/h1-7,14H. The molecule has 0 aliphatic carbocycles. The minimum absolute atomic E-state index is 0.0565. The Bertz CT molecular complexity index is 828. The molecule has 0 aromatic heterocycles. The maximum Gasteiger partial charge on any atom is 0.193 e. The van der Waals surface area contributed by atoms with Crippen molar-refractivity contribution in [1.82, 2.24) is 0 Å². The Morgan fingerprint density at radius 3 is 2.35 bits per heavy atom. The molecular weight excluding hydrogens is 319 g/mol. The van der Waals surface area contributed by atoms with Gasteiger partial charge in [0, 0.05) is 15.6 Å². The zero-order valence-corrected chi connectivity index (χ0v) is 12.3. The van der Waals surface area contributed by atoms with Gasteiger partial charge in [0.15, 0.2) is 20.9 Å². The zero-order chi connectivity index (χ0) is 14.5. The van der Waals surface area contributed by atoms with Gasteiger partial charge in [-0.15, -0.1) is 0 Å². The highest BCUT2D eigenvalue weighted by molar-refractivity contribution is 7.93. The van der Waals surface area contributed by atoms with Gasteiger partial charge in [0.05, 0.1) is 4.90 Å². The van der Waals surface area contributed by atoms with Crippen molar-refractivity contribution in [1.29, 1.82) is 0 Å². The lowest BCUT2D eigenvalue weighted by molar-refractivity contribution is 0.0990. The van der Waals surface area contributed by atoms with Crippen molar-refractivity contribution in [2.45, 2.75) is 10.1 Å². The highest BCUT2D eigenvalue weighted by Gasteiger charge is 2.45. The topological polar surface area (TPSA) is 51.2 Å². The number of hydrogen-bond donors (Lipinski definition) is 0. The lowest BCUT2D eigenvalue weighted by atomic mass is 10.0. The first kappa shape index (κ1) is 13.6. The van der Waals surface area contributed by atoms with Crippen molar-refractivity contribution >= 4 is 38.8 Å². The fourth-order valence-corrected chi connectivity index (χ4v) is 4.88. The molecule has 0 bridgehead atoms. The predicted molar refractivity (Wildman–Crippen MR) is 77.2 cm³/mol. The van der Waals surface area contributed by atoms with Crippen molar-refractivity contribution in [3.05, 3.63) is 63.6 Å². The Hall–Kier alpha value is -1.36. The van der Waals surface area contributed by atoms with Crippen LogP contribution in [0.2, 0.25) is 10.0 Å². The highest BCUT2D eigenvalue weighted by Crippen LogP contribution is 2.43. The van der Waals surface area contributed by atoms with Crippen LogP contribution in [0.3, 0.4) is 0 Å². The van der Waals surface area contributed by atoms with Crippen molar-refractivity contribution < 1.29 is 13.2 Å². The molecule has 3 nitrogen and oxygen atoms in total. The summed E-state index contributed by atoms with van der Waals surface area (Å²) < 4.78 is 25.0.